The summed E-state index contributed by atoms with van der Waals surface area (Å²) in [6.07, 6.45) is 8.80. The lowest BCUT2D eigenvalue weighted by atomic mass is 9.76. The van der Waals surface area contributed by atoms with Crippen LogP contribution < -0.4 is 5.73 Å². The summed E-state index contributed by atoms with van der Waals surface area (Å²) in [4.78, 5) is 2.51. The maximum absolute atomic E-state index is 11.6. The van der Waals surface area contributed by atoms with E-state index in [1.54, 1.807) is 0 Å². The van der Waals surface area contributed by atoms with Crippen molar-refractivity contribution in [1.82, 2.24) is 4.90 Å². The van der Waals surface area contributed by atoms with Gasteiger partial charge >= 0.3 is 0 Å². The van der Waals surface area contributed by atoms with E-state index in [9.17, 15) is 5.11 Å². The summed E-state index contributed by atoms with van der Waals surface area (Å²) in [5.74, 6) is 0.183. The first-order valence-electron chi connectivity index (χ1n) is 9.53. The Kier molecular flexibility index (Phi) is 6.36. The van der Waals surface area contributed by atoms with Gasteiger partial charge in [-0.3, -0.25) is 0 Å². The highest BCUT2D eigenvalue weighted by Gasteiger charge is 2.39. The molecule has 4 heteroatoms. The van der Waals surface area contributed by atoms with Crippen molar-refractivity contribution in [3.05, 3.63) is 34.3 Å². The van der Waals surface area contributed by atoms with E-state index in [1.807, 2.05) is 0 Å². The van der Waals surface area contributed by atoms with Crippen LogP contribution in [0.25, 0.3) is 0 Å². The Bertz CT molecular complexity index is 520. The molecule has 2 fully saturated rings. The molecule has 0 bridgehead atoms. The minimum atomic E-state index is -0.573. The van der Waals surface area contributed by atoms with Gasteiger partial charge in [0.15, 0.2) is 0 Å². The molecule has 3 nitrogen and oxygen atoms in total. The largest absolute Gasteiger partial charge is 0.389 e. The zero-order chi connectivity index (χ0) is 17.0. The molecule has 1 heterocycles. The summed E-state index contributed by atoms with van der Waals surface area (Å²) >= 11 is 3.61. The van der Waals surface area contributed by atoms with Gasteiger partial charge in [0, 0.05) is 23.0 Å². The van der Waals surface area contributed by atoms with Crippen molar-refractivity contribution in [2.24, 2.45) is 5.73 Å². The molecule has 1 aromatic rings. The van der Waals surface area contributed by atoms with E-state index in [0.29, 0.717) is 6.04 Å². The van der Waals surface area contributed by atoms with Crippen molar-refractivity contribution in [1.29, 1.82) is 0 Å². The van der Waals surface area contributed by atoms with Crippen LogP contribution in [0.4, 0.5) is 0 Å². The van der Waals surface area contributed by atoms with Crippen molar-refractivity contribution in [2.75, 3.05) is 19.6 Å². The fourth-order valence-electron chi connectivity index (χ4n) is 4.39. The summed E-state index contributed by atoms with van der Waals surface area (Å²) < 4.78 is 1.10. The highest BCUT2D eigenvalue weighted by molar-refractivity contribution is 9.10. The van der Waals surface area contributed by atoms with E-state index in [-0.39, 0.29) is 5.92 Å². The Labute approximate surface area is 154 Å². The molecule has 1 unspecified atom stereocenters. The van der Waals surface area contributed by atoms with Gasteiger partial charge in [-0.2, -0.15) is 0 Å². The number of hydrogen-bond donors (Lipinski definition) is 2. The first-order valence-corrected chi connectivity index (χ1v) is 10.3. The Morgan fingerprint density at radius 3 is 2.46 bits per heavy atom. The standard InChI is InChI=1S/C20H31BrN2O/c21-17-7-5-6-16(14-17)19(15-23-12-8-18(22)9-13-23)20(24)10-3-1-2-4-11-20/h5-7,14,18-19,24H,1-4,8-13,15,22H2. The van der Waals surface area contributed by atoms with Gasteiger partial charge in [-0.15, -0.1) is 0 Å². The van der Waals surface area contributed by atoms with Crippen molar-refractivity contribution in [3.63, 3.8) is 0 Å². The smallest absolute Gasteiger partial charge is 0.0728 e. The van der Waals surface area contributed by atoms with Gasteiger partial charge < -0.3 is 15.7 Å². The van der Waals surface area contributed by atoms with Gasteiger partial charge in [-0.05, 0) is 56.5 Å². The van der Waals surface area contributed by atoms with Crippen LogP contribution in [0.2, 0.25) is 0 Å². The molecule has 3 N–H and O–H groups in total. The second kappa shape index (κ2) is 8.31. The van der Waals surface area contributed by atoms with Crippen molar-refractivity contribution < 1.29 is 5.11 Å². The van der Waals surface area contributed by atoms with E-state index < -0.39 is 5.60 Å². The lowest BCUT2D eigenvalue weighted by Crippen LogP contribution is -2.46. The molecule has 1 atom stereocenters. The van der Waals surface area contributed by atoms with Gasteiger partial charge in [0.2, 0.25) is 0 Å². The second-order valence-electron chi connectivity index (χ2n) is 7.76. The lowest BCUT2D eigenvalue weighted by molar-refractivity contribution is -0.0154. The molecule has 1 saturated carbocycles. The first-order chi connectivity index (χ1) is 11.6. The van der Waals surface area contributed by atoms with Crippen molar-refractivity contribution in [3.8, 4) is 0 Å². The van der Waals surface area contributed by atoms with Crippen LogP contribution in [0, 0.1) is 0 Å². The predicted molar refractivity (Wildman–Crippen MR) is 103 cm³/mol. The third-order valence-corrected chi connectivity index (χ3v) is 6.44. The van der Waals surface area contributed by atoms with E-state index in [4.69, 9.17) is 5.73 Å². The van der Waals surface area contributed by atoms with Gasteiger partial charge in [0.1, 0.15) is 0 Å². The number of rotatable bonds is 4. The topological polar surface area (TPSA) is 49.5 Å². The molecule has 2 aliphatic rings. The van der Waals surface area contributed by atoms with Gasteiger partial charge in [0.25, 0.3) is 0 Å². The van der Waals surface area contributed by atoms with E-state index in [1.165, 1.54) is 18.4 Å². The minimum Gasteiger partial charge on any atom is -0.389 e. The van der Waals surface area contributed by atoms with Crippen LogP contribution in [0.15, 0.2) is 28.7 Å². The summed E-state index contributed by atoms with van der Waals surface area (Å²) in [6.45, 7) is 3.06. The predicted octanol–water partition coefficient (Wildman–Crippen LogP) is 4.04. The number of piperidine rings is 1. The van der Waals surface area contributed by atoms with E-state index in [2.05, 4.69) is 45.1 Å². The normalized spacial score (nSPS) is 24.5. The summed E-state index contributed by atoms with van der Waals surface area (Å²) in [5.41, 5.74) is 6.76. The molecule has 3 rings (SSSR count). The Morgan fingerprint density at radius 2 is 1.83 bits per heavy atom. The summed E-state index contributed by atoms with van der Waals surface area (Å²) in [6, 6.07) is 8.90. The van der Waals surface area contributed by atoms with Crippen molar-refractivity contribution in [2.45, 2.75) is 68.9 Å². The Morgan fingerprint density at radius 1 is 1.17 bits per heavy atom. The molecular weight excluding hydrogens is 364 g/mol. The van der Waals surface area contributed by atoms with Crippen LogP contribution in [0.1, 0.15) is 62.8 Å². The minimum absolute atomic E-state index is 0.183. The number of nitrogens with two attached hydrogens (primary N) is 1. The highest BCUT2D eigenvalue weighted by Crippen LogP contribution is 2.40. The molecule has 1 aliphatic heterocycles. The number of halogens is 1. The Hall–Kier alpha value is -0.420. The highest BCUT2D eigenvalue weighted by atomic mass is 79.9. The van der Waals surface area contributed by atoms with Crippen LogP contribution in [-0.4, -0.2) is 41.3 Å². The van der Waals surface area contributed by atoms with Crippen LogP contribution in [-0.2, 0) is 0 Å². The third kappa shape index (κ3) is 4.60. The molecule has 1 saturated heterocycles. The molecule has 0 aromatic heterocycles. The monoisotopic (exact) mass is 394 g/mol. The fourth-order valence-corrected chi connectivity index (χ4v) is 4.81. The van der Waals surface area contributed by atoms with Crippen LogP contribution >= 0.6 is 15.9 Å². The van der Waals surface area contributed by atoms with Crippen LogP contribution in [0.5, 0.6) is 0 Å². The number of benzene rings is 1. The zero-order valence-electron chi connectivity index (χ0n) is 14.6. The van der Waals surface area contributed by atoms with Gasteiger partial charge in [-0.1, -0.05) is 53.7 Å². The molecule has 134 valence electrons. The van der Waals surface area contributed by atoms with E-state index in [0.717, 1.165) is 62.6 Å². The second-order valence-corrected chi connectivity index (χ2v) is 8.68. The molecule has 1 aromatic carbocycles. The molecule has 0 spiro atoms. The molecule has 1 aliphatic carbocycles. The molecular formula is C20H31BrN2O. The van der Waals surface area contributed by atoms with E-state index >= 15 is 0 Å². The number of aliphatic hydroxyl groups is 1. The maximum atomic E-state index is 11.6. The maximum Gasteiger partial charge on any atom is 0.0728 e. The average Bonchev–Trinajstić information content (AvgIpc) is 2.79. The zero-order valence-corrected chi connectivity index (χ0v) is 16.2. The number of likely N-dealkylation sites (tertiary alicyclic amines) is 1. The molecule has 24 heavy (non-hydrogen) atoms. The van der Waals surface area contributed by atoms with Gasteiger partial charge in [0.05, 0.1) is 5.60 Å². The third-order valence-electron chi connectivity index (χ3n) is 5.94. The average molecular weight is 395 g/mol. The quantitative estimate of drug-likeness (QED) is 0.757. The van der Waals surface area contributed by atoms with Gasteiger partial charge in [-0.25, -0.2) is 0 Å². The summed E-state index contributed by atoms with van der Waals surface area (Å²) in [5, 5.41) is 11.6. The fraction of sp³-hybridized carbons (Fsp3) is 0.700. The number of hydrogen-bond acceptors (Lipinski definition) is 3. The summed E-state index contributed by atoms with van der Waals surface area (Å²) in [7, 11) is 0. The SMILES string of the molecule is NC1CCN(CC(c2cccc(Br)c2)C2(O)CCCCCC2)CC1. The van der Waals surface area contributed by atoms with Crippen LogP contribution in [0.3, 0.4) is 0 Å². The molecule has 0 amide bonds. The first kappa shape index (κ1) is 18.4. The Balaban J connectivity index is 1.82. The number of nitrogens with zero attached hydrogens (tertiary/aromatic N) is 1. The molecule has 0 radical (unpaired) electrons. The van der Waals surface area contributed by atoms with Crippen molar-refractivity contribution >= 4 is 15.9 Å². The lowest BCUT2D eigenvalue weighted by Gasteiger charge is -2.41.